The smallest absolute Gasteiger partial charge is 0.243 e. The van der Waals surface area contributed by atoms with E-state index < -0.39 is 0 Å². The first-order valence-corrected chi connectivity index (χ1v) is 6.17. The van der Waals surface area contributed by atoms with Crippen LogP contribution in [-0.2, 0) is 14.4 Å². The van der Waals surface area contributed by atoms with Crippen molar-refractivity contribution in [2.24, 2.45) is 5.92 Å². The third-order valence-corrected chi connectivity index (χ3v) is 2.06. The summed E-state index contributed by atoms with van der Waals surface area (Å²) in [6.07, 6.45) is 3.12. The average Bonchev–Trinajstić information content (AvgIpc) is 2.22. The summed E-state index contributed by atoms with van der Waals surface area (Å²) in [5.74, 6) is 0.322. The van der Waals surface area contributed by atoms with E-state index in [4.69, 9.17) is 4.84 Å². The molecular weight excluding hydrogens is 220 g/mol. The van der Waals surface area contributed by atoms with Crippen LogP contribution in [0.4, 0.5) is 0 Å². The van der Waals surface area contributed by atoms with Crippen molar-refractivity contribution in [1.82, 2.24) is 10.8 Å². The van der Waals surface area contributed by atoms with E-state index in [1.54, 1.807) is 0 Å². The Morgan fingerprint density at radius 2 is 1.88 bits per heavy atom. The van der Waals surface area contributed by atoms with E-state index in [-0.39, 0.29) is 11.8 Å². The van der Waals surface area contributed by atoms with Crippen LogP contribution in [0.15, 0.2) is 0 Å². The summed E-state index contributed by atoms with van der Waals surface area (Å²) in [5, 5.41) is 2.72. The molecule has 100 valence electrons. The minimum Gasteiger partial charge on any atom is -0.356 e. The highest BCUT2D eigenvalue weighted by molar-refractivity contribution is 5.74. The Bertz CT molecular complexity index is 230. The van der Waals surface area contributed by atoms with Crippen LogP contribution in [0, 0.1) is 5.92 Å². The maximum Gasteiger partial charge on any atom is 0.243 e. The van der Waals surface area contributed by atoms with E-state index in [0.717, 1.165) is 19.3 Å². The molecule has 0 bridgehead atoms. The summed E-state index contributed by atoms with van der Waals surface area (Å²) in [7, 11) is 0. The number of hydrogen-bond donors (Lipinski definition) is 2. The molecule has 0 heterocycles. The summed E-state index contributed by atoms with van der Waals surface area (Å²) in [6.45, 7) is 6.76. The molecule has 0 atom stereocenters. The fraction of sp³-hybridized carbons (Fsp3) is 0.833. The largest absolute Gasteiger partial charge is 0.356 e. The molecule has 0 saturated heterocycles. The van der Waals surface area contributed by atoms with Gasteiger partial charge >= 0.3 is 0 Å². The van der Waals surface area contributed by atoms with Crippen molar-refractivity contribution in [3.63, 3.8) is 0 Å². The Morgan fingerprint density at radius 1 is 1.18 bits per heavy atom. The van der Waals surface area contributed by atoms with Crippen molar-refractivity contribution >= 4 is 11.8 Å². The molecular formula is C12H24N2O3. The number of nitrogens with one attached hydrogen (secondary N) is 2. The zero-order valence-electron chi connectivity index (χ0n) is 11.0. The van der Waals surface area contributed by atoms with Gasteiger partial charge in [-0.2, -0.15) is 0 Å². The Labute approximate surface area is 103 Å². The lowest BCUT2D eigenvalue weighted by Gasteiger charge is -2.07. The zero-order chi connectivity index (χ0) is 13.1. The molecule has 5 heteroatoms. The van der Waals surface area contributed by atoms with Gasteiger partial charge in [0.25, 0.3) is 0 Å². The Balaban J connectivity index is 3.24. The second-order valence-corrected chi connectivity index (χ2v) is 4.52. The first-order valence-electron chi connectivity index (χ1n) is 6.17. The molecule has 2 amide bonds. The molecule has 0 spiro atoms. The van der Waals surface area contributed by atoms with Gasteiger partial charge < -0.3 is 5.32 Å². The van der Waals surface area contributed by atoms with E-state index >= 15 is 0 Å². The molecule has 0 rings (SSSR count). The van der Waals surface area contributed by atoms with Crippen molar-refractivity contribution in [3.05, 3.63) is 0 Å². The zero-order valence-corrected chi connectivity index (χ0v) is 11.0. The number of hydrogen-bond acceptors (Lipinski definition) is 3. The SMILES string of the molecule is CC(=O)NCCCCCC(=O)NOCC(C)C. The normalized spacial score (nSPS) is 10.4. The summed E-state index contributed by atoms with van der Waals surface area (Å²) in [6, 6.07) is 0. The van der Waals surface area contributed by atoms with Gasteiger partial charge in [-0.25, -0.2) is 5.48 Å². The molecule has 0 unspecified atom stereocenters. The van der Waals surface area contributed by atoms with Crippen molar-refractivity contribution in [2.45, 2.75) is 46.5 Å². The minimum absolute atomic E-state index is 0.00942. The second-order valence-electron chi connectivity index (χ2n) is 4.52. The van der Waals surface area contributed by atoms with Crippen LogP contribution in [0.3, 0.4) is 0 Å². The predicted molar refractivity (Wildman–Crippen MR) is 66.1 cm³/mol. The van der Waals surface area contributed by atoms with Crippen LogP contribution in [0.2, 0.25) is 0 Å². The lowest BCUT2D eigenvalue weighted by molar-refractivity contribution is -0.134. The van der Waals surface area contributed by atoms with Crippen LogP contribution in [-0.4, -0.2) is 25.0 Å². The predicted octanol–water partition coefficient (Wildman–Crippen LogP) is 1.39. The van der Waals surface area contributed by atoms with Crippen LogP contribution < -0.4 is 10.8 Å². The lowest BCUT2D eigenvalue weighted by atomic mass is 10.2. The van der Waals surface area contributed by atoms with Gasteiger partial charge in [0.05, 0.1) is 6.61 Å². The number of carbonyl (C=O) groups is 2. The Morgan fingerprint density at radius 3 is 2.47 bits per heavy atom. The molecule has 0 aliphatic carbocycles. The number of carbonyl (C=O) groups excluding carboxylic acids is 2. The van der Waals surface area contributed by atoms with Crippen molar-refractivity contribution in [3.8, 4) is 0 Å². The highest BCUT2D eigenvalue weighted by Gasteiger charge is 2.01. The third-order valence-electron chi connectivity index (χ3n) is 2.06. The number of hydroxylamine groups is 1. The summed E-state index contributed by atoms with van der Waals surface area (Å²) in [5.41, 5.74) is 2.41. The lowest BCUT2D eigenvalue weighted by Crippen LogP contribution is -2.25. The van der Waals surface area contributed by atoms with Gasteiger partial charge in [-0.3, -0.25) is 14.4 Å². The van der Waals surface area contributed by atoms with Crippen molar-refractivity contribution < 1.29 is 14.4 Å². The Hall–Kier alpha value is -1.10. The van der Waals surface area contributed by atoms with Crippen LogP contribution in [0.1, 0.15) is 46.5 Å². The fourth-order valence-electron chi connectivity index (χ4n) is 1.19. The fourth-order valence-corrected chi connectivity index (χ4v) is 1.19. The molecule has 0 aliphatic heterocycles. The van der Waals surface area contributed by atoms with Gasteiger partial charge in [-0.1, -0.05) is 20.3 Å². The maximum absolute atomic E-state index is 11.3. The van der Waals surface area contributed by atoms with E-state index in [2.05, 4.69) is 10.8 Å². The van der Waals surface area contributed by atoms with Gasteiger partial charge in [0.2, 0.25) is 11.8 Å². The summed E-state index contributed by atoms with van der Waals surface area (Å²) < 4.78 is 0. The van der Waals surface area contributed by atoms with Gasteiger partial charge in [0, 0.05) is 19.9 Å². The van der Waals surface area contributed by atoms with Crippen molar-refractivity contribution in [2.75, 3.05) is 13.2 Å². The third kappa shape index (κ3) is 12.8. The molecule has 0 aromatic rings. The highest BCUT2D eigenvalue weighted by Crippen LogP contribution is 1.99. The maximum atomic E-state index is 11.3. The average molecular weight is 244 g/mol. The van der Waals surface area contributed by atoms with Crippen molar-refractivity contribution in [1.29, 1.82) is 0 Å². The first-order chi connectivity index (χ1) is 8.02. The van der Waals surface area contributed by atoms with Crippen LogP contribution >= 0.6 is 0 Å². The Kier molecular flexibility index (Phi) is 9.43. The molecule has 0 fully saturated rings. The molecule has 0 aromatic heterocycles. The van der Waals surface area contributed by atoms with Gasteiger partial charge in [-0.05, 0) is 18.8 Å². The van der Waals surface area contributed by atoms with E-state index in [1.165, 1.54) is 6.92 Å². The molecule has 0 saturated carbocycles. The number of rotatable bonds is 9. The number of unbranched alkanes of at least 4 members (excludes halogenated alkanes) is 2. The van der Waals surface area contributed by atoms with Gasteiger partial charge in [0.15, 0.2) is 0 Å². The summed E-state index contributed by atoms with van der Waals surface area (Å²) >= 11 is 0. The molecule has 17 heavy (non-hydrogen) atoms. The standard InChI is InChI=1S/C12H24N2O3/c1-10(2)9-17-14-12(16)7-5-4-6-8-13-11(3)15/h10H,4-9H2,1-3H3,(H,13,15)(H,14,16). The molecule has 5 nitrogen and oxygen atoms in total. The molecule has 0 aliphatic rings. The molecule has 0 radical (unpaired) electrons. The first kappa shape index (κ1) is 15.9. The molecule has 0 aromatic carbocycles. The van der Waals surface area contributed by atoms with Gasteiger partial charge in [0.1, 0.15) is 0 Å². The topological polar surface area (TPSA) is 67.4 Å². The van der Waals surface area contributed by atoms with E-state index in [0.29, 0.717) is 25.5 Å². The second kappa shape index (κ2) is 10.1. The van der Waals surface area contributed by atoms with E-state index in [9.17, 15) is 9.59 Å². The minimum atomic E-state index is -0.0785. The number of amides is 2. The van der Waals surface area contributed by atoms with Crippen LogP contribution in [0.25, 0.3) is 0 Å². The monoisotopic (exact) mass is 244 g/mol. The highest BCUT2D eigenvalue weighted by atomic mass is 16.6. The quantitative estimate of drug-likeness (QED) is 0.476. The van der Waals surface area contributed by atoms with Gasteiger partial charge in [-0.15, -0.1) is 0 Å². The van der Waals surface area contributed by atoms with Crippen LogP contribution in [0.5, 0.6) is 0 Å². The molecule has 2 N–H and O–H groups in total. The summed E-state index contributed by atoms with van der Waals surface area (Å²) in [4.78, 5) is 26.8. The van der Waals surface area contributed by atoms with E-state index in [1.807, 2.05) is 13.8 Å².